The number of carbonyl (C=O) groups is 1. The molecule has 1 saturated heterocycles. The molecule has 0 aromatic heterocycles. The molecule has 1 heterocycles. The third kappa shape index (κ3) is 2.43. The summed E-state index contributed by atoms with van der Waals surface area (Å²) in [5, 5.41) is 0. The highest BCUT2D eigenvalue weighted by Crippen LogP contribution is 2.38. The second kappa shape index (κ2) is 5.20. The van der Waals surface area contributed by atoms with Gasteiger partial charge >= 0.3 is 0 Å². The molecular weight excluding hydrogens is 321 g/mol. The normalized spacial score (nSPS) is 27.1. The molecule has 0 bridgehead atoms. The van der Waals surface area contributed by atoms with Gasteiger partial charge in [0.1, 0.15) is 4.87 Å². The average molecular weight is 336 g/mol. The van der Waals surface area contributed by atoms with E-state index in [0.717, 1.165) is 9.87 Å². The first-order chi connectivity index (χ1) is 9.21. The standard InChI is InChI=1S/C13H15Cl2NO3S/c1-9-3-5-11(6-4-9)20(18,19)16-8-10(7-14)13(2,15)12(16)17/h3-6,10H,7-8H2,1-2H3/t10-,13-/m0/s1. The van der Waals surface area contributed by atoms with E-state index < -0.39 is 26.7 Å². The molecular formula is C13H15Cl2NO3S. The number of hydrogen-bond donors (Lipinski definition) is 0. The van der Waals surface area contributed by atoms with Crippen LogP contribution in [0.1, 0.15) is 12.5 Å². The number of aryl methyl sites for hydroxylation is 1. The summed E-state index contributed by atoms with van der Waals surface area (Å²) in [6.45, 7) is 3.38. The average Bonchev–Trinajstić information content (AvgIpc) is 2.61. The molecule has 7 heteroatoms. The van der Waals surface area contributed by atoms with Gasteiger partial charge in [-0.15, -0.1) is 23.2 Å². The lowest BCUT2D eigenvalue weighted by Gasteiger charge is -2.19. The van der Waals surface area contributed by atoms with Crippen LogP contribution in [0.15, 0.2) is 29.2 Å². The summed E-state index contributed by atoms with van der Waals surface area (Å²) in [6, 6.07) is 6.34. The predicted molar refractivity (Wildman–Crippen MR) is 78.5 cm³/mol. The van der Waals surface area contributed by atoms with Gasteiger partial charge in [-0.3, -0.25) is 4.79 Å². The maximum absolute atomic E-state index is 12.5. The van der Waals surface area contributed by atoms with Crippen molar-refractivity contribution in [1.82, 2.24) is 4.31 Å². The second-order valence-corrected chi connectivity index (χ2v) is 8.04. The van der Waals surface area contributed by atoms with Crippen LogP contribution in [0.2, 0.25) is 0 Å². The number of hydrogen-bond acceptors (Lipinski definition) is 3. The number of sulfonamides is 1. The number of alkyl halides is 2. The number of nitrogens with zero attached hydrogens (tertiary/aromatic N) is 1. The minimum atomic E-state index is -3.88. The van der Waals surface area contributed by atoms with Gasteiger partial charge in [-0.2, -0.15) is 0 Å². The SMILES string of the molecule is Cc1ccc(S(=O)(=O)N2C[C@H](CCl)[C@](C)(Cl)C2=O)cc1. The van der Waals surface area contributed by atoms with Gasteiger partial charge in [0, 0.05) is 18.3 Å². The minimum absolute atomic E-state index is 0.0124. The fourth-order valence-electron chi connectivity index (χ4n) is 2.11. The van der Waals surface area contributed by atoms with Crippen molar-refractivity contribution in [3.05, 3.63) is 29.8 Å². The molecule has 1 aromatic carbocycles. The Bertz CT molecular complexity index is 626. The molecule has 4 nitrogen and oxygen atoms in total. The number of amides is 1. The van der Waals surface area contributed by atoms with Gasteiger partial charge in [-0.05, 0) is 26.0 Å². The first-order valence-electron chi connectivity index (χ1n) is 6.10. The lowest BCUT2D eigenvalue weighted by Crippen LogP contribution is -2.38. The van der Waals surface area contributed by atoms with Gasteiger partial charge in [0.05, 0.1) is 4.90 Å². The molecule has 1 amide bonds. The van der Waals surface area contributed by atoms with E-state index >= 15 is 0 Å². The smallest absolute Gasteiger partial charge is 0.266 e. The lowest BCUT2D eigenvalue weighted by molar-refractivity contribution is -0.125. The summed E-state index contributed by atoms with van der Waals surface area (Å²) in [4.78, 5) is 11.0. The summed E-state index contributed by atoms with van der Waals surface area (Å²) < 4.78 is 25.8. The van der Waals surface area contributed by atoms with E-state index in [1.807, 2.05) is 6.92 Å². The Kier molecular flexibility index (Phi) is 4.06. The third-order valence-electron chi connectivity index (χ3n) is 3.59. The van der Waals surface area contributed by atoms with Crippen LogP contribution in [-0.4, -0.2) is 35.9 Å². The molecule has 1 aromatic rings. The first-order valence-corrected chi connectivity index (χ1v) is 8.45. The van der Waals surface area contributed by atoms with Crippen molar-refractivity contribution in [3.8, 4) is 0 Å². The largest absolute Gasteiger partial charge is 0.272 e. The van der Waals surface area contributed by atoms with E-state index in [9.17, 15) is 13.2 Å². The van der Waals surface area contributed by atoms with Crippen LogP contribution in [0.4, 0.5) is 0 Å². The van der Waals surface area contributed by atoms with E-state index in [1.54, 1.807) is 12.1 Å². The van der Waals surface area contributed by atoms with Crippen molar-refractivity contribution < 1.29 is 13.2 Å². The van der Waals surface area contributed by atoms with Crippen molar-refractivity contribution in [2.24, 2.45) is 5.92 Å². The zero-order valence-corrected chi connectivity index (χ0v) is 13.5. The van der Waals surface area contributed by atoms with E-state index in [4.69, 9.17) is 23.2 Å². The highest BCUT2D eigenvalue weighted by molar-refractivity contribution is 7.89. The van der Waals surface area contributed by atoms with E-state index in [-0.39, 0.29) is 17.3 Å². The molecule has 0 saturated carbocycles. The predicted octanol–water partition coefficient (Wildman–Crippen LogP) is 2.38. The van der Waals surface area contributed by atoms with Crippen molar-refractivity contribution in [1.29, 1.82) is 0 Å². The van der Waals surface area contributed by atoms with Gasteiger partial charge in [-0.25, -0.2) is 12.7 Å². The second-order valence-electron chi connectivity index (χ2n) is 5.08. The molecule has 0 aliphatic carbocycles. The Balaban J connectivity index is 2.41. The van der Waals surface area contributed by atoms with Gasteiger partial charge in [0.15, 0.2) is 0 Å². The molecule has 1 fully saturated rings. The summed E-state index contributed by atoms with van der Waals surface area (Å²) >= 11 is 11.9. The number of rotatable bonds is 3. The molecule has 1 aliphatic rings. The number of benzene rings is 1. The number of halogens is 2. The summed E-state index contributed by atoms with van der Waals surface area (Å²) in [6.07, 6.45) is 0. The zero-order valence-electron chi connectivity index (χ0n) is 11.1. The van der Waals surface area contributed by atoms with E-state index in [1.165, 1.54) is 19.1 Å². The fraction of sp³-hybridized carbons (Fsp3) is 0.462. The van der Waals surface area contributed by atoms with Crippen LogP contribution >= 0.6 is 23.2 Å². The van der Waals surface area contributed by atoms with Crippen LogP contribution in [0.3, 0.4) is 0 Å². The maximum Gasteiger partial charge on any atom is 0.266 e. The van der Waals surface area contributed by atoms with Crippen molar-refractivity contribution in [3.63, 3.8) is 0 Å². The first kappa shape index (κ1) is 15.6. The molecule has 0 N–H and O–H groups in total. The maximum atomic E-state index is 12.5. The Morgan fingerprint density at radius 3 is 2.35 bits per heavy atom. The highest BCUT2D eigenvalue weighted by atomic mass is 35.5. The summed E-state index contributed by atoms with van der Waals surface area (Å²) in [5.74, 6) is -0.894. The van der Waals surface area contributed by atoms with Crippen molar-refractivity contribution in [2.75, 3.05) is 12.4 Å². The van der Waals surface area contributed by atoms with Gasteiger partial charge in [-0.1, -0.05) is 17.7 Å². The highest BCUT2D eigenvalue weighted by Gasteiger charge is 2.53. The van der Waals surface area contributed by atoms with Gasteiger partial charge < -0.3 is 0 Å². The topological polar surface area (TPSA) is 54.5 Å². The van der Waals surface area contributed by atoms with E-state index in [2.05, 4.69) is 0 Å². The fourth-order valence-corrected chi connectivity index (χ4v) is 4.41. The number of carbonyl (C=O) groups excluding carboxylic acids is 1. The van der Waals surface area contributed by atoms with Crippen LogP contribution in [0.5, 0.6) is 0 Å². The molecule has 20 heavy (non-hydrogen) atoms. The Morgan fingerprint density at radius 2 is 1.90 bits per heavy atom. The van der Waals surface area contributed by atoms with Crippen molar-refractivity contribution in [2.45, 2.75) is 23.6 Å². The molecule has 2 rings (SSSR count). The van der Waals surface area contributed by atoms with Crippen LogP contribution in [0, 0.1) is 12.8 Å². The van der Waals surface area contributed by atoms with E-state index in [0.29, 0.717) is 0 Å². The molecule has 0 radical (unpaired) electrons. The molecule has 2 atom stereocenters. The quantitative estimate of drug-likeness (QED) is 0.797. The molecule has 0 spiro atoms. The summed E-state index contributed by atoms with van der Waals surface area (Å²) in [7, 11) is -3.88. The minimum Gasteiger partial charge on any atom is -0.272 e. The zero-order chi connectivity index (χ0) is 15.1. The van der Waals surface area contributed by atoms with Crippen LogP contribution in [0.25, 0.3) is 0 Å². The Labute approximate surface area is 128 Å². The molecule has 110 valence electrons. The molecule has 0 unspecified atom stereocenters. The van der Waals surface area contributed by atoms with Crippen LogP contribution in [-0.2, 0) is 14.8 Å². The monoisotopic (exact) mass is 335 g/mol. The lowest BCUT2D eigenvalue weighted by atomic mass is 9.99. The van der Waals surface area contributed by atoms with Crippen LogP contribution < -0.4 is 0 Å². The summed E-state index contributed by atoms with van der Waals surface area (Å²) in [5.41, 5.74) is 0.942. The van der Waals surface area contributed by atoms with Crippen molar-refractivity contribution >= 4 is 39.1 Å². The van der Waals surface area contributed by atoms with Gasteiger partial charge in [0.2, 0.25) is 0 Å². The Morgan fingerprint density at radius 1 is 1.35 bits per heavy atom. The van der Waals surface area contributed by atoms with Gasteiger partial charge in [0.25, 0.3) is 15.9 Å². The Hall–Kier alpha value is -0.780. The third-order valence-corrected chi connectivity index (χ3v) is 6.20. The molecule has 1 aliphatic heterocycles.